The molecule has 0 aliphatic heterocycles. The number of ether oxygens (including phenoxy) is 1. The number of aromatic nitrogens is 1. The van der Waals surface area contributed by atoms with Crippen LogP contribution in [-0.2, 0) is 0 Å². The van der Waals surface area contributed by atoms with Crippen molar-refractivity contribution in [2.45, 2.75) is 39.7 Å². The van der Waals surface area contributed by atoms with E-state index in [-0.39, 0.29) is 23.8 Å². The van der Waals surface area contributed by atoms with Crippen LogP contribution < -0.4 is 4.74 Å². The van der Waals surface area contributed by atoms with E-state index in [0.717, 1.165) is 29.8 Å². The predicted molar refractivity (Wildman–Crippen MR) is 89.8 cm³/mol. The molecule has 0 N–H and O–H groups in total. The largest absolute Gasteiger partial charge is 0.478 e. The number of nitro groups is 1. The molecule has 1 aliphatic carbocycles. The van der Waals surface area contributed by atoms with E-state index >= 15 is 0 Å². The number of aryl methyl sites for hydroxylation is 2. The van der Waals surface area contributed by atoms with Gasteiger partial charge >= 0.3 is 5.69 Å². The topological polar surface area (TPSA) is 74.4 Å². The highest BCUT2D eigenvalue weighted by Gasteiger charge is 2.28. The maximum Gasteiger partial charge on any atom is 0.311 e. The first-order valence-electron chi connectivity index (χ1n) is 7.98. The maximum atomic E-state index is 12.5. The summed E-state index contributed by atoms with van der Waals surface area (Å²) in [6, 6.07) is 7.09. The maximum absolute atomic E-state index is 12.5. The molecule has 2 aromatic rings. The van der Waals surface area contributed by atoms with E-state index in [1.54, 1.807) is 13.0 Å². The van der Waals surface area contributed by atoms with E-state index in [1.807, 2.05) is 19.9 Å². The highest BCUT2D eigenvalue weighted by Crippen LogP contribution is 2.38. The van der Waals surface area contributed by atoms with Crippen molar-refractivity contribution in [3.63, 3.8) is 0 Å². The fraction of sp³-hybridized carbons (Fsp3) is 0.389. The molecule has 0 unspecified atom stereocenters. The number of nitrogens with zero attached hydrogens (tertiary/aromatic N) is 2. The zero-order valence-corrected chi connectivity index (χ0v) is 14.0. The van der Waals surface area contributed by atoms with Gasteiger partial charge in [0.25, 0.3) is 0 Å². The second-order valence-corrected chi connectivity index (χ2v) is 6.33. The summed E-state index contributed by atoms with van der Waals surface area (Å²) in [4.78, 5) is 23.1. The van der Waals surface area contributed by atoms with E-state index in [2.05, 4.69) is 4.57 Å². The lowest BCUT2D eigenvalue weighted by molar-refractivity contribution is -0.385. The molecule has 1 fully saturated rings. The predicted octanol–water partition coefficient (Wildman–Crippen LogP) is 3.92. The normalized spacial score (nSPS) is 13.8. The molecule has 0 atom stereocenters. The molecule has 1 heterocycles. The Hall–Kier alpha value is -2.63. The van der Waals surface area contributed by atoms with Gasteiger partial charge in [-0.05, 0) is 51.3 Å². The van der Waals surface area contributed by atoms with Crippen LogP contribution in [0.5, 0.6) is 5.75 Å². The average molecular weight is 328 g/mol. The number of hydrogen-bond acceptors (Lipinski definition) is 4. The van der Waals surface area contributed by atoms with Crippen molar-refractivity contribution in [2.24, 2.45) is 0 Å². The Morgan fingerprint density at radius 3 is 2.62 bits per heavy atom. The molecule has 6 nitrogen and oxygen atoms in total. The molecule has 0 saturated heterocycles. The molecule has 1 aromatic heterocycles. The lowest BCUT2D eigenvalue weighted by atomic mass is 10.1. The molecule has 0 amide bonds. The van der Waals surface area contributed by atoms with E-state index in [0.29, 0.717) is 11.6 Å². The fourth-order valence-corrected chi connectivity index (χ4v) is 3.07. The molecule has 0 radical (unpaired) electrons. The van der Waals surface area contributed by atoms with Crippen LogP contribution in [0.1, 0.15) is 46.2 Å². The Labute approximate surface area is 140 Å². The summed E-state index contributed by atoms with van der Waals surface area (Å²) in [6.07, 6.45) is 2.30. The van der Waals surface area contributed by atoms with Gasteiger partial charge in [-0.25, -0.2) is 0 Å². The lowest BCUT2D eigenvalue weighted by Gasteiger charge is -2.08. The summed E-state index contributed by atoms with van der Waals surface area (Å²) < 4.78 is 7.65. The Balaban J connectivity index is 1.77. The highest BCUT2D eigenvalue weighted by molar-refractivity contribution is 5.98. The Morgan fingerprint density at radius 2 is 2.00 bits per heavy atom. The van der Waals surface area contributed by atoms with Gasteiger partial charge in [-0.15, -0.1) is 0 Å². The Bertz CT molecular complexity index is 819. The third kappa shape index (κ3) is 3.04. The molecule has 1 saturated carbocycles. The average Bonchev–Trinajstić information content (AvgIpc) is 3.31. The minimum Gasteiger partial charge on any atom is -0.478 e. The second kappa shape index (κ2) is 6.11. The van der Waals surface area contributed by atoms with Gasteiger partial charge in [0, 0.05) is 29.1 Å². The Kier molecular flexibility index (Phi) is 4.13. The smallest absolute Gasteiger partial charge is 0.311 e. The number of carbonyl (C=O) groups is 1. The standard InChI is InChI=1S/C18H20N2O4/c1-11-4-7-18(16(8-11)20(22)23)24-10-17(21)15-9-12(2)19(13(15)3)14-5-6-14/h4,7-9,14H,5-6,10H2,1-3H3. The molecule has 6 heteroatoms. The van der Waals surface area contributed by atoms with Crippen LogP contribution in [0.2, 0.25) is 0 Å². The number of Topliss-reactive ketones (excluding diaryl/α,β-unsaturated/α-hetero) is 1. The van der Waals surface area contributed by atoms with Crippen LogP contribution in [0.25, 0.3) is 0 Å². The second-order valence-electron chi connectivity index (χ2n) is 6.33. The minimum atomic E-state index is -0.494. The van der Waals surface area contributed by atoms with Crippen molar-refractivity contribution in [2.75, 3.05) is 6.61 Å². The van der Waals surface area contributed by atoms with Crippen molar-refractivity contribution in [3.8, 4) is 5.75 Å². The van der Waals surface area contributed by atoms with Gasteiger partial charge in [0.2, 0.25) is 5.78 Å². The van der Waals surface area contributed by atoms with Crippen molar-refractivity contribution < 1.29 is 14.5 Å². The van der Waals surface area contributed by atoms with Crippen LogP contribution in [0, 0.1) is 30.9 Å². The number of hydrogen-bond donors (Lipinski definition) is 0. The molecular weight excluding hydrogens is 308 g/mol. The first-order chi connectivity index (χ1) is 11.4. The lowest BCUT2D eigenvalue weighted by Crippen LogP contribution is -2.13. The van der Waals surface area contributed by atoms with E-state index in [1.165, 1.54) is 12.1 Å². The molecule has 0 spiro atoms. The van der Waals surface area contributed by atoms with Gasteiger partial charge in [0.05, 0.1) is 4.92 Å². The van der Waals surface area contributed by atoms with Gasteiger partial charge in [-0.1, -0.05) is 6.07 Å². The van der Waals surface area contributed by atoms with Crippen LogP contribution >= 0.6 is 0 Å². The van der Waals surface area contributed by atoms with Gasteiger partial charge < -0.3 is 9.30 Å². The highest BCUT2D eigenvalue weighted by atomic mass is 16.6. The van der Waals surface area contributed by atoms with E-state index in [4.69, 9.17) is 4.74 Å². The molecule has 24 heavy (non-hydrogen) atoms. The molecule has 1 aliphatic rings. The molecule has 0 bridgehead atoms. The molecule has 126 valence electrons. The third-order valence-corrected chi connectivity index (χ3v) is 4.37. The van der Waals surface area contributed by atoms with Crippen molar-refractivity contribution >= 4 is 11.5 Å². The SMILES string of the molecule is Cc1ccc(OCC(=O)c2cc(C)n(C3CC3)c2C)c([N+](=O)[O-])c1. The van der Waals surface area contributed by atoms with E-state index in [9.17, 15) is 14.9 Å². The van der Waals surface area contributed by atoms with Gasteiger partial charge in [0.15, 0.2) is 12.4 Å². The summed E-state index contributed by atoms with van der Waals surface area (Å²) in [5, 5.41) is 11.1. The Morgan fingerprint density at radius 1 is 1.29 bits per heavy atom. The van der Waals surface area contributed by atoms with Gasteiger partial charge in [-0.2, -0.15) is 0 Å². The monoisotopic (exact) mass is 328 g/mol. The number of ketones is 1. The number of carbonyl (C=O) groups excluding carboxylic acids is 1. The van der Waals surface area contributed by atoms with Crippen LogP contribution in [0.3, 0.4) is 0 Å². The van der Waals surface area contributed by atoms with Gasteiger partial charge in [-0.3, -0.25) is 14.9 Å². The van der Waals surface area contributed by atoms with Crippen LogP contribution in [0.15, 0.2) is 24.3 Å². The molecular formula is C18H20N2O4. The summed E-state index contributed by atoms with van der Waals surface area (Å²) in [5.74, 6) is -0.0418. The van der Waals surface area contributed by atoms with E-state index < -0.39 is 4.92 Å². The van der Waals surface area contributed by atoms with Gasteiger partial charge in [0.1, 0.15) is 0 Å². The number of benzene rings is 1. The van der Waals surface area contributed by atoms with Crippen molar-refractivity contribution in [1.82, 2.24) is 4.57 Å². The van der Waals surface area contributed by atoms with Crippen molar-refractivity contribution in [1.29, 1.82) is 0 Å². The number of nitro benzene ring substituents is 1. The first kappa shape index (κ1) is 16.2. The zero-order chi connectivity index (χ0) is 17.4. The molecule has 3 rings (SSSR count). The summed E-state index contributed by atoms with van der Waals surface area (Å²) in [6.45, 7) is 5.49. The summed E-state index contributed by atoms with van der Waals surface area (Å²) in [7, 11) is 0. The van der Waals surface area contributed by atoms with Crippen LogP contribution in [-0.4, -0.2) is 21.9 Å². The van der Waals surface area contributed by atoms with Crippen molar-refractivity contribution in [3.05, 3.63) is 56.9 Å². The third-order valence-electron chi connectivity index (χ3n) is 4.37. The minimum absolute atomic E-state index is 0.119. The van der Waals surface area contributed by atoms with Crippen LogP contribution in [0.4, 0.5) is 5.69 Å². The first-order valence-corrected chi connectivity index (χ1v) is 7.98. The number of rotatable bonds is 6. The zero-order valence-electron chi connectivity index (χ0n) is 14.0. The molecule has 1 aromatic carbocycles. The quantitative estimate of drug-likeness (QED) is 0.457. The summed E-state index contributed by atoms with van der Waals surface area (Å²) >= 11 is 0. The fourth-order valence-electron chi connectivity index (χ4n) is 3.07. The summed E-state index contributed by atoms with van der Waals surface area (Å²) in [5.41, 5.74) is 3.30.